The Balaban J connectivity index is 1.43. The van der Waals surface area contributed by atoms with E-state index in [9.17, 15) is 18.0 Å². The van der Waals surface area contributed by atoms with Crippen LogP contribution in [0.1, 0.15) is 42.0 Å². The average molecular weight is 497 g/mol. The van der Waals surface area contributed by atoms with Crippen molar-refractivity contribution in [2.24, 2.45) is 0 Å². The third-order valence-corrected chi connectivity index (χ3v) is 6.08. The summed E-state index contributed by atoms with van der Waals surface area (Å²) in [5, 5.41) is 5.17. The lowest BCUT2D eigenvalue weighted by Crippen LogP contribution is -2.08. The fraction of sp³-hybridized carbons (Fsp3) is 0.231. The smallest absolute Gasteiger partial charge is 0.332 e. The lowest BCUT2D eigenvalue weighted by Gasteiger charge is -2.09. The maximum atomic E-state index is 13.0. The Kier molecular flexibility index (Phi) is 7.25. The molecule has 0 aliphatic rings. The van der Waals surface area contributed by atoms with E-state index in [4.69, 9.17) is 0 Å². The zero-order valence-corrected chi connectivity index (χ0v) is 20.0. The number of rotatable bonds is 8. The molecule has 1 aromatic carbocycles. The molecule has 1 N–H and O–H groups in total. The molecule has 0 fully saturated rings. The first-order valence-electron chi connectivity index (χ1n) is 11.0. The molecule has 0 aliphatic carbocycles. The van der Waals surface area contributed by atoms with E-state index < -0.39 is 11.7 Å². The van der Waals surface area contributed by atoms with Crippen LogP contribution in [-0.4, -0.2) is 20.7 Å². The summed E-state index contributed by atoms with van der Waals surface area (Å²) in [6.45, 7) is 4.16. The Morgan fingerprint density at radius 3 is 2.43 bits per heavy atom. The van der Waals surface area contributed by atoms with Crippen molar-refractivity contribution in [3.63, 3.8) is 0 Å². The number of halogens is 3. The highest BCUT2D eigenvalue weighted by molar-refractivity contribution is 7.14. The van der Waals surface area contributed by atoms with E-state index >= 15 is 0 Å². The molecule has 180 valence electrons. The molecule has 0 bridgehead atoms. The van der Waals surface area contributed by atoms with E-state index in [2.05, 4.69) is 34.1 Å². The van der Waals surface area contributed by atoms with Gasteiger partial charge in [0.15, 0.2) is 5.13 Å². The van der Waals surface area contributed by atoms with Gasteiger partial charge in [-0.1, -0.05) is 26.0 Å². The normalized spacial score (nSPS) is 11.6. The maximum Gasteiger partial charge on any atom is 0.416 e. The Morgan fingerprint density at radius 1 is 1.00 bits per heavy atom. The van der Waals surface area contributed by atoms with Crippen LogP contribution in [0.4, 0.5) is 24.0 Å². The highest BCUT2D eigenvalue weighted by atomic mass is 32.1. The van der Waals surface area contributed by atoms with Gasteiger partial charge in [0, 0.05) is 54.3 Å². The standard InChI is InChI=1S/C26H23F3N4OS/c1-16(2)19-6-17(11-30-13-19)8-23(34)9-18-7-20(14-31-12-18)24-15-35-25(33-24)32-22-5-3-4-21(10-22)26(27,28)29/h3-7,10-16H,8-9H2,1-2H3,(H,32,33). The van der Waals surface area contributed by atoms with Crippen molar-refractivity contribution in [3.05, 3.63) is 88.8 Å². The molecule has 9 heteroatoms. The third-order valence-electron chi connectivity index (χ3n) is 5.32. The van der Waals surface area contributed by atoms with Crippen molar-refractivity contribution in [1.82, 2.24) is 15.0 Å². The Morgan fingerprint density at radius 2 is 1.71 bits per heavy atom. The first-order chi connectivity index (χ1) is 16.7. The molecule has 35 heavy (non-hydrogen) atoms. The number of aromatic nitrogens is 3. The number of carbonyl (C=O) groups is 1. The molecular weight excluding hydrogens is 473 g/mol. The molecule has 4 aromatic rings. The summed E-state index contributed by atoms with van der Waals surface area (Å²) < 4.78 is 38.9. The fourth-order valence-corrected chi connectivity index (χ4v) is 4.26. The van der Waals surface area contributed by atoms with Crippen molar-refractivity contribution in [1.29, 1.82) is 0 Å². The summed E-state index contributed by atoms with van der Waals surface area (Å²) in [7, 11) is 0. The largest absolute Gasteiger partial charge is 0.416 e. The van der Waals surface area contributed by atoms with Crippen molar-refractivity contribution in [2.75, 3.05) is 5.32 Å². The number of nitrogens with zero attached hydrogens (tertiary/aromatic N) is 3. The van der Waals surface area contributed by atoms with Crippen LogP contribution >= 0.6 is 11.3 Å². The Bertz CT molecular complexity index is 1330. The second kappa shape index (κ2) is 10.4. The number of anilines is 2. The van der Waals surface area contributed by atoms with Gasteiger partial charge in [-0.2, -0.15) is 13.2 Å². The van der Waals surface area contributed by atoms with Crippen molar-refractivity contribution < 1.29 is 18.0 Å². The molecule has 0 atom stereocenters. The van der Waals surface area contributed by atoms with Crippen LogP contribution in [0.5, 0.6) is 0 Å². The van der Waals surface area contributed by atoms with Crippen LogP contribution in [0, 0.1) is 0 Å². The van der Waals surface area contributed by atoms with E-state index in [-0.39, 0.29) is 12.2 Å². The predicted molar refractivity (Wildman–Crippen MR) is 131 cm³/mol. The number of alkyl halides is 3. The second-order valence-corrected chi connectivity index (χ2v) is 9.35. The minimum absolute atomic E-state index is 0.0526. The van der Waals surface area contributed by atoms with Gasteiger partial charge in [-0.05, 0) is 46.9 Å². The van der Waals surface area contributed by atoms with Gasteiger partial charge < -0.3 is 5.32 Å². The van der Waals surface area contributed by atoms with Gasteiger partial charge in [0.2, 0.25) is 0 Å². The van der Waals surface area contributed by atoms with Gasteiger partial charge in [0.25, 0.3) is 0 Å². The Hall–Kier alpha value is -3.59. The van der Waals surface area contributed by atoms with Crippen LogP contribution < -0.4 is 5.32 Å². The summed E-state index contributed by atoms with van der Waals surface area (Å²) in [4.78, 5) is 25.6. The minimum atomic E-state index is -4.41. The summed E-state index contributed by atoms with van der Waals surface area (Å²) in [5.74, 6) is 0.390. The highest BCUT2D eigenvalue weighted by Gasteiger charge is 2.30. The molecule has 5 nitrogen and oxygen atoms in total. The summed E-state index contributed by atoms with van der Waals surface area (Å²) >= 11 is 1.27. The van der Waals surface area contributed by atoms with Crippen LogP contribution in [0.15, 0.2) is 66.6 Å². The molecule has 0 radical (unpaired) electrons. The van der Waals surface area contributed by atoms with Crippen LogP contribution in [0.3, 0.4) is 0 Å². The molecule has 0 unspecified atom stereocenters. The third kappa shape index (κ3) is 6.51. The highest BCUT2D eigenvalue weighted by Crippen LogP contribution is 2.32. The first kappa shape index (κ1) is 24.5. The van der Waals surface area contributed by atoms with Crippen LogP contribution in [0.25, 0.3) is 11.3 Å². The average Bonchev–Trinajstić information content (AvgIpc) is 3.27. The Labute approximate surface area is 205 Å². The summed E-state index contributed by atoms with van der Waals surface area (Å²) in [6.07, 6.45) is 2.93. The predicted octanol–water partition coefficient (Wildman–Crippen LogP) is 6.84. The molecular formula is C26H23F3N4OS. The molecule has 0 saturated carbocycles. The van der Waals surface area contributed by atoms with E-state index in [1.165, 1.54) is 17.4 Å². The number of hydrogen-bond acceptors (Lipinski definition) is 6. The number of pyridine rings is 2. The molecule has 3 heterocycles. The molecule has 0 aliphatic heterocycles. The lowest BCUT2D eigenvalue weighted by molar-refractivity contribution is -0.137. The van der Waals surface area contributed by atoms with E-state index in [0.29, 0.717) is 28.9 Å². The first-order valence-corrected chi connectivity index (χ1v) is 11.8. The molecule has 3 aromatic heterocycles. The van der Waals surface area contributed by atoms with Gasteiger partial charge in [0.05, 0.1) is 11.3 Å². The minimum Gasteiger partial charge on any atom is -0.332 e. The van der Waals surface area contributed by atoms with Crippen LogP contribution in [-0.2, 0) is 23.8 Å². The number of hydrogen-bond donors (Lipinski definition) is 1. The van der Waals surface area contributed by atoms with Crippen molar-refractivity contribution in [2.45, 2.75) is 38.8 Å². The van der Waals surface area contributed by atoms with Gasteiger partial charge in [-0.25, -0.2) is 4.98 Å². The molecule has 4 rings (SSSR count). The number of Topliss-reactive ketones (excluding diaryl/α,β-unsaturated/α-hetero) is 1. The van der Waals surface area contributed by atoms with E-state index in [1.807, 2.05) is 18.3 Å². The van der Waals surface area contributed by atoms with E-state index in [1.54, 1.807) is 30.0 Å². The zero-order valence-electron chi connectivity index (χ0n) is 19.1. The summed E-state index contributed by atoms with van der Waals surface area (Å²) in [5.41, 5.74) is 3.67. The van der Waals surface area contributed by atoms with Crippen LogP contribution in [0.2, 0.25) is 0 Å². The second-order valence-electron chi connectivity index (χ2n) is 8.50. The van der Waals surface area contributed by atoms with Crippen molar-refractivity contribution in [3.8, 4) is 11.3 Å². The number of carbonyl (C=O) groups excluding carboxylic acids is 1. The molecule has 0 saturated heterocycles. The van der Waals surface area contributed by atoms with Crippen molar-refractivity contribution >= 4 is 27.9 Å². The monoisotopic (exact) mass is 496 g/mol. The SMILES string of the molecule is CC(C)c1cncc(CC(=O)Cc2cncc(-c3csc(Nc4cccc(C(F)(F)F)c4)n3)c2)c1. The van der Waals surface area contributed by atoms with Gasteiger partial charge in [-0.15, -0.1) is 11.3 Å². The quantitative estimate of drug-likeness (QED) is 0.289. The fourth-order valence-electron chi connectivity index (χ4n) is 3.52. The number of ketones is 1. The topological polar surface area (TPSA) is 67.8 Å². The van der Waals surface area contributed by atoms with E-state index in [0.717, 1.165) is 34.4 Å². The van der Waals surface area contributed by atoms with Gasteiger partial charge >= 0.3 is 6.18 Å². The zero-order chi connectivity index (χ0) is 25.0. The van der Waals surface area contributed by atoms with Gasteiger partial charge in [-0.3, -0.25) is 14.8 Å². The van der Waals surface area contributed by atoms with Gasteiger partial charge in [0.1, 0.15) is 5.78 Å². The maximum absolute atomic E-state index is 13.0. The molecule has 0 spiro atoms. The summed E-state index contributed by atoms with van der Waals surface area (Å²) in [6, 6.07) is 8.83. The number of thiazole rings is 1. The number of benzene rings is 1. The number of nitrogens with one attached hydrogen (secondary N) is 1. The lowest BCUT2D eigenvalue weighted by atomic mass is 10.00. The molecule has 0 amide bonds.